The number of carbonyl (C=O) groups is 1. The fraction of sp³-hybridized carbons (Fsp3) is 0.222. The highest BCUT2D eigenvalue weighted by molar-refractivity contribution is 6.04. The number of hydrogen-bond donors (Lipinski definition) is 1. The van der Waals surface area contributed by atoms with Gasteiger partial charge in [0, 0.05) is 11.9 Å². The van der Waals surface area contributed by atoms with E-state index >= 15 is 0 Å². The van der Waals surface area contributed by atoms with Crippen molar-refractivity contribution >= 4 is 17.2 Å². The molecule has 0 bridgehead atoms. The summed E-state index contributed by atoms with van der Waals surface area (Å²) >= 11 is 0. The second kappa shape index (κ2) is 6.12. The Morgan fingerprint density at radius 1 is 1.22 bits per heavy atom. The zero-order valence-corrected chi connectivity index (χ0v) is 13.5. The van der Waals surface area contributed by atoms with Crippen LogP contribution in [0.3, 0.4) is 0 Å². The number of ether oxygens (including phenoxy) is 1. The van der Waals surface area contributed by atoms with Crippen LogP contribution in [0.15, 0.2) is 42.6 Å². The second-order valence-electron chi connectivity index (χ2n) is 5.34. The normalized spacial score (nSPS) is 10.7. The average Bonchev–Trinajstić information content (AvgIpc) is 2.87. The van der Waals surface area contributed by atoms with Crippen LogP contribution in [0.25, 0.3) is 5.65 Å². The highest BCUT2D eigenvalue weighted by atomic mass is 16.5. The monoisotopic (exact) mass is 309 g/mol. The molecule has 0 fully saturated rings. The van der Waals surface area contributed by atoms with Crippen LogP contribution < -0.4 is 10.1 Å². The standard InChI is InChI=1S/C18H19N3O2/c1-4-23-15-9-7-14(8-10-15)20-18(22)16-13(3)19-17-12(2)6-5-11-21(16)17/h5-11H,4H2,1-3H3,(H,20,22). The van der Waals surface area contributed by atoms with E-state index in [9.17, 15) is 4.79 Å². The van der Waals surface area contributed by atoms with Gasteiger partial charge in [-0.1, -0.05) is 6.07 Å². The Labute approximate surface area is 134 Å². The summed E-state index contributed by atoms with van der Waals surface area (Å²) in [5, 5.41) is 2.91. The molecular formula is C18H19N3O2. The average molecular weight is 309 g/mol. The highest BCUT2D eigenvalue weighted by Crippen LogP contribution is 2.19. The molecule has 23 heavy (non-hydrogen) atoms. The van der Waals surface area contributed by atoms with Gasteiger partial charge in [0.1, 0.15) is 17.1 Å². The van der Waals surface area contributed by atoms with Gasteiger partial charge in [-0.25, -0.2) is 4.98 Å². The number of fused-ring (bicyclic) bond motifs is 1. The number of carbonyl (C=O) groups excluding carboxylic acids is 1. The zero-order valence-electron chi connectivity index (χ0n) is 13.5. The molecule has 118 valence electrons. The number of amides is 1. The molecule has 5 nitrogen and oxygen atoms in total. The molecule has 3 aromatic rings. The van der Waals surface area contributed by atoms with Crippen LogP contribution in [0, 0.1) is 13.8 Å². The summed E-state index contributed by atoms with van der Waals surface area (Å²) in [4.78, 5) is 17.1. The predicted octanol–water partition coefficient (Wildman–Crippen LogP) is 3.60. The van der Waals surface area contributed by atoms with Gasteiger partial charge >= 0.3 is 0 Å². The summed E-state index contributed by atoms with van der Waals surface area (Å²) < 4.78 is 7.23. The molecule has 1 aromatic carbocycles. The van der Waals surface area contributed by atoms with Crippen LogP contribution in [0.4, 0.5) is 5.69 Å². The van der Waals surface area contributed by atoms with Gasteiger partial charge < -0.3 is 10.1 Å². The number of pyridine rings is 1. The molecule has 0 saturated heterocycles. The maximum atomic E-state index is 12.6. The summed E-state index contributed by atoms with van der Waals surface area (Å²) in [7, 11) is 0. The number of imidazole rings is 1. The molecule has 0 saturated carbocycles. The smallest absolute Gasteiger partial charge is 0.274 e. The van der Waals surface area contributed by atoms with E-state index in [2.05, 4.69) is 10.3 Å². The van der Waals surface area contributed by atoms with Crippen molar-refractivity contribution in [1.82, 2.24) is 9.38 Å². The van der Waals surface area contributed by atoms with Gasteiger partial charge in [-0.3, -0.25) is 9.20 Å². The minimum absolute atomic E-state index is 0.176. The van der Waals surface area contributed by atoms with Crippen LogP contribution in [0.2, 0.25) is 0 Å². The van der Waals surface area contributed by atoms with Gasteiger partial charge in [-0.2, -0.15) is 0 Å². The van der Waals surface area contributed by atoms with E-state index < -0.39 is 0 Å². The molecular weight excluding hydrogens is 290 g/mol. The quantitative estimate of drug-likeness (QED) is 0.801. The van der Waals surface area contributed by atoms with Crippen LogP contribution in [0.1, 0.15) is 28.7 Å². The number of hydrogen-bond acceptors (Lipinski definition) is 3. The van der Waals surface area contributed by atoms with E-state index in [1.54, 1.807) is 0 Å². The van der Waals surface area contributed by atoms with Crippen LogP contribution in [-0.4, -0.2) is 21.9 Å². The first-order chi connectivity index (χ1) is 11.1. The van der Waals surface area contributed by atoms with E-state index in [0.717, 1.165) is 22.6 Å². The van der Waals surface area contributed by atoms with Gasteiger partial charge in [0.25, 0.3) is 5.91 Å². The van der Waals surface area contributed by atoms with Crippen molar-refractivity contribution in [1.29, 1.82) is 0 Å². The minimum atomic E-state index is -0.176. The lowest BCUT2D eigenvalue weighted by atomic mass is 10.2. The van der Waals surface area contributed by atoms with Gasteiger partial charge in [-0.15, -0.1) is 0 Å². The van der Waals surface area contributed by atoms with Crippen molar-refractivity contribution in [2.45, 2.75) is 20.8 Å². The van der Waals surface area contributed by atoms with E-state index in [1.807, 2.05) is 67.8 Å². The predicted molar refractivity (Wildman–Crippen MR) is 90.2 cm³/mol. The zero-order chi connectivity index (χ0) is 16.4. The van der Waals surface area contributed by atoms with E-state index in [0.29, 0.717) is 18.0 Å². The van der Waals surface area contributed by atoms with Crippen molar-refractivity contribution in [2.75, 3.05) is 11.9 Å². The Morgan fingerprint density at radius 2 is 1.96 bits per heavy atom. The Hall–Kier alpha value is -2.82. The fourth-order valence-corrected chi connectivity index (χ4v) is 2.58. The Balaban J connectivity index is 1.89. The molecule has 1 N–H and O–H groups in total. The third kappa shape index (κ3) is 2.90. The fourth-order valence-electron chi connectivity index (χ4n) is 2.58. The first kappa shape index (κ1) is 15.1. The maximum absolute atomic E-state index is 12.6. The van der Waals surface area contributed by atoms with Gasteiger partial charge in [0.2, 0.25) is 0 Å². The Morgan fingerprint density at radius 3 is 2.65 bits per heavy atom. The molecule has 0 aliphatic heterocycles. The topological polar surface area (TPSA) is 55.6 Å². The summed E-state index contributed by atoms with van der Waals surface area (Å²) in [6.07, 6.45) is 1.86. The van der Waals surface area contributed by atoms with Crippen LogP contribution >= 0.6 is 0 Å². The van der Waals surface area contributed by atoms with Crippen molar-refractivity contribution < 1.29 is 9.53 Å². The summed E-state index contributed by atoms with van der Waals surface area (Å²) in [6, 6.07) is 11.2. The number of aromatic nitrogens is 2. The lowest BCUT2D eigenvalue weighted by molar-refractivity contribution is 0.102. The molecule has 0 aliphatic carbocycles. The van der Waals surface area contributed by atoms with Crippen molar-refractivity contribution in [3.8, 4) is 5.75 Å². The van der Waals surface area contributed by atoms with Crippen molar-refractivity contribution in [3.05, 3.63) is 59.5 Å². The van der Waals surface area contributed by atoms with E-state index in [4.69, 9.17) is 4.74 Å². The number of nitrogens with zero attached hydrogens (tertiary/aromatic N) is 2. The Kier molecular flexibility index (Phi) is 4.02. The lowest BCUT2D eigenvalue weighted by Gasteiger charge is -2.08. The second-order valence-corrected chi connectivity index (χ2v) is 5.34. The number of rotatable bonds is 4. The summed E-state index contributed by atoms with van der Waals surface area (Å²) in [5.41, 5.74) is 3.83. The number of aryl methyl sites for hydroxylation is 2. The minimum Gasteiger partial charge on any atom is -0.494 e. The largest absolute Gasteiger partial charge is 0.494 e. The van der Waals surface area contributed by atoms with Crippen molar-refractivity contribution in [2.24, 2.45) is 0 Å². The Bertz CT molecular complexity index is 851. The molecule has 2 aromatic heterocycles. The van der Waals surface area contributed by atoms with Gasteiger partial charge in [0.05, 0.1) is 12.3 Å². The molecule has 0 atom stereocenters. The molecule has 5 heteroatoms. The molecule has 1 amide bonds. The summed E-state index contributed by atoms with van der Waals surface area (Å²) in [5.74, 6) is 0.608. The van der Waals surface area contributed by atoms with Crippen molar-refractivity contribution in [3.63, 3.8) is 0 Å². The highest BCUT2D eigenvalue weighted by Gasteiger charge is 2.17. The van der Waals surface area contributed by atoms with E-state index in [1.165, 1.54) is 0 Å². The number of benzene rings is 1. The lowest BCUT2D eigenvalue weighted by Crippen LogP contribution is -2.15. The first-order valence-corrected chi connectivity index (χ1v) is 7.58. The molecule has 0 spiro atoms. The molecule has 2 heterocycles. The van der Waals surface area contributed by atoms with Crippen LogP contribution in [-0.2, 0) is 0 Å². The molecule has 0 aliphatic rings. The first-order valence-electron chi connectivity index (χ1n) is 7.58. The number of anilines is 1. The summed E-state index contributed by atoms with van der Waals surface area (Å²) in [6.45, 7) is 6.38. The SMILES string of the molecule is CCOc1ccc(NC(=O)c2c(C)nc3c(C)cccn23)cc1. The third-order valence-corrected chi connectivity index (χ3v) is 3.66. The third-order valence-electron chi connectivity index (χ3n) is 3.66. The van der Waals surface area contributed by atoms with Crippen LogP contribution in [0.5, 0.6) is 5.75 Å². The van der Waals surface area contributed by atoms with Gasteiger partial charge in [-0.05, 0) is 56.7 Å². The number of nitrogens with one attached hydrogen (secondary N) is 1. The maximum Gasteiger partial charge on any atom is 0.274 e. The van der Waals surface area contributed by atoms with E-state index in [-0.39, 0.29) is 5.91 Å². The van der Waals surface area contributed by atoms with Gasteiger partial charge in [0.15, 0.2) is 0 Å². The molecule has 3 rings (SSSR count). The molecule has 0 unspecified atom stereocenters. The molecule has 0 radical (unpaired) electrons.